The van der Waals surface area contributed by atoms with Crippen molar-refractivity contribution in [2.45, 2.75) is 63.8 Å². The third kappa shape index (κ3) is 8.44. The summed E-state index contributed by atoms with van der Waals surface area (Å²) in [6.07, 6.45) is -4.26. The van der Waals surface area contributed by atoms with Gasteiger partial charge < -0.3 is 15.0 Å². The van der Waals surface area contributed by atoms with E-state index in [1.54, 1.807) is 38.1 Å². The number of anilines is 1. The van der Waals surface area contributed by atoms with E-state index >= 15 is 0 Å². The number of hydrogen-bond donors (Lipinski definition) is 1. The summed E-state index contributed by atoms with van der Waals surface area (Å²) in [4.78, 5) is 28.1. The summed E-state index contributed by atoms with van der Waals surface area (Å²) in [5, 5.41) is 2.19. The highest BCUT2D eigenvalue weighted by Gasteiger charge is 2.37. The Hall–Kier alpha value is -3.77. The molecule has 0 unspecified atom stereocenters. The summed E-state index contributed by atoms with van der Waals surface area (Å²) in [5.41, 5.74) is -0.313. The second-order valence-corrected chi connectivity index (χ2v) is 12.6. The zero-order chi connectivity index (χ0) is 32.8. The molecule has 0 saturated carbocycles. The van der Waals surface area contributed by atoms with Crippen LogP contribution in [0.25, 0.3) is 0 Å². The maximum atomic E-state index is 14.0. The van der Waals surface area contributed by atoms with E-state index in [1.165, 1.54) is 43.2 Å². The third-order valence-corrected chi connectivity index (χ3v) is 9.23. The molecular formula is C31H35ClF3N3O5S. The molecule has 0 fully saturated rings. The van der Waals surface area contributed by atoms with Gasteiger partial charge in [0.1, 0.15) is 18.3 Å². The minimum Gasteiger partial charge on any atom is -0.497 e. The Morgan fingerprint density at radius 1 is 1.00 bits per heavy atom. The summed E-state index contributed by atoms with van der Waals surface area (Å²) in [6, 6.07) is 13.8. The summed E-state index contributed by atoms with van der Waals surface area (Å²) < 4.78 is 75.0. The van der Waals surface area contributed by atoms with Gasteiger partial charge in [0, 0.05) is 12.6 Å². The van der Waals surface area contributed by atoms with Crippen LogP contribution in [0.5, 0.6) is 5.75 Å². The Morgan fingerprint density at radius 2 is 1.61 bits per heavy atom. The number of benzene rings is 3. The predicted molar refractivity (Wildman–Crippen MR) is 163 cm³/mol. The second kappa shape index (κ2) is 14.3. The largest absolute Gasteiger partial charge is 0.497 e. The zero-order valence-electron chi connectivity index (χ0n) is 25.0. The van der Waals surface area contributed by atoms with E-state index in [0.29, 0.717) is 28.1 Å². The van der Waals surface area contributed by atoms with Gasteiger partial charge in [-0.1, -0.05) is 48.4 Å². The number of nitrogens with zero attached hydrogens (tertiary/aromatic N) is 2. The Morgan fingerprint density at radius 3 is 2.16 bits per heavy atom. The van der Waals surface area contributed by atoms with Gasteiger partial charge in [0.05, 0.1) is 28.3 Å². The molecular weight excluding hydrogens is 619 g/mol. The van der Waals surface area contributed by atoms with Crippen molar-refractivity contribution in [3.8, 4) is 5.75 Å². The van der Waals surface area contributed by atoms with Gasteiger partial charge in [-0.15, -0.1) is 0 Å². The number of amides is 2. The smallest absolute Gasteiger partial charge is 0.417 e. The molecule has 8 nitrogen and oxygen atoms in total. The molecule has 3 aromatic rings. The number of carbonyl (C=O) groups excluding carboxylic acids is 2. The van der Waals surface area contributed by atoms with Crippen LogP contribution in [-0.2, 0) is 32.3 Å². The number of methoxy groups -OCH3 is 1. The lowest BCUT2D eigenvalue weighted by Gasteiger charge is -2.32. The van der Waals surface area contributed by atoms with E-state index in [0.717, 1.165) is 17.7 Å². The summed E-state index contributed by atoms with van der Waals surface area (Å²) in [6.45, 7) is 5.94. The van der Waals surface area contributed by atoms with Crippen LogP contribution < -0.4 is 14.4 Å². The molecule has 0 aromatic heterocycles. The quantitative estimate of drug-likeness (QED) is 0.251. The minimum absolute atomic E-state index is 0.0925. The summed E-state index contributed by atoms with van der Waals surface area (Å²) >= 11 is 5.82. The normalized spacial score (nSPS) is 13.1. The van der Waals surface area contributed by atoms with Crippen LogP contribution in [0.4, 0.5) is 18.9 Å². The lowest BCUT2D eigenvalue weighted by Crippen LogP contribution is -2.52. The Bertz CT molecular complexity index is 1570. The van der Waals surface area contributed by atoms with Gasteiger partial charge in [-0.3, -0.25) is 13.9 Å². The van der Waals surface area contributed by atoms with Crippen molar-refractivity contribution in [3.63, 3.8) is 0 Å². The van der Waals surface area contributed by atoms with Crippen molar-refractivity contribution in [3.05, 3.63) is 88.4 Å². The van der Waals surface area contributed by atoms with E-state index in [1.807, 2.05) is 6.92 Å². The molecule has 2 amide bonds. The molecule has 3 aromatic carbocycles. The van der Waals surface area contributed by atoms with Crippen LogP contribution in [0, 0.1) is 6.92 Å². The molecule has 0 saturated heterocycles. The van der Waals surface area contributed by atoms with Crippen LogP contribution in [0.3, 0.4) is 0 Å². The standard InChI is InChI=1S/C31H35ClF3N3O5S/c1-6-21(3)36-30(40)22(4)37(18-23-9-12-25(43-5)13-10-23)29(39)19-38(44(41,42)26-14-7-20(2)8-15-26)24-11-16-28(32)27(17-24)31(33,34)35/h7-17,21-22H,6,18-19H2,1-5H3,(H,36,40)/t21-,22+/m0/s1. The van der Waals surface area contributed by atoms with Gasteiger partial charge in [0.25, 0.3) is 10.0 Å². The molecule has 0 bridgehead atoms. The molecule has 238 valence electrons. The molecule has 0 spiro atoms. The number of carbonyl (C=O) groups is 2. The topological polar surface area (TPSA) is 96.0 Å². The number of alkyl halides is 3. The average molecular weight is 654 g/mol. The van der Waals surface area contributed by atoms with Crippen molar-refractivity contribution in [1.29, 1.82) is 0 Å². The van der Waals surface area contributed by atoms with Gasteiger partial charge in [0.2, 0.25) is 11.8 Å². The number of nitrogens with one attached hydrogen (secondary N) is 1. The molecule has 0 aliphatic carbocycles. The Labute approximate surface area is 260 Å². The van der Waals surface area contributed by atoms with E-state index in [2.05, 4.69) is 5.32 Å². The van der Waals surface area contributed by atoms with E-state index in [-0.39, 0.29) is 17.5 Å². The van der Waals surface area contributed by atoms with E-state index in [9.17, 15) is 31.2 Å². The molecule has 0 aliphatic heterocycles. The number of sulfonamides is 1. The van der Waals surface area contributed by atoms with Gasteiger partial charge in [-0.05, 0) is 75.2 Å². The fourth-order valence-electron chi connectivity index (χ4n) is 4.23. The molecule has 3 rings (SSSR count). The molecule has 1 N–H and O–H groups in total. The monoisotopic (exact) mass is 653 g/mol. The number of ether oxygens (including phenoxy) is 1. The van der Waals surface area contributed by atoms with Crippen molar-refractivity contribution < 1.29 is 35.9 Å². The first-order chi connectivity index (χ1) is 20.6. The van der Waals surface area contributed by atoms with E-state index in [4.69, 9.17) is 16.3 Å². The number of hydrogen-bond acceptors (Lipinski definition) is 5. The SMILES string of the molecule is CC[C@H](C)NC(=O)[C@@H](C)N(Cc1ccc(OC)cc1)C(=O)CN(c1ccc(Cl)c(C(F)(F)F)c1)S(=O)(=O)c1ccc(C)cc1. The average Bonchev–Trinajstić information content (AvgIpc) is 2.98. The lowest BCUT2D eigenvalue weighted by atomic mass is 10.1. The first-order valence-corrected chi connectivity index (χ1v) is 15.6. The molecule has 44 heavy (non-hydrogen) atoms. The van der Waals surface area contributed by atoms with Crippen LogP contribution in [0.15, 0.2) is 71.6 Å². The Kier molecular flexibility index (Phi) is 11.3. The molecule has 0 radical (unpaired) electrons. The third-order valence-electron chi connectivity index (χ3n) is 7.11. The van der Waals surface area contributed by atoms with Gasteiger partial charge in [-0.2, -0.15) is 13.2 Å². The van der Waals surface area contributed by atoms with Crippen LogP contribution >= 0.6 is 11.6 Å². The van der Waals surface area contributed by atoms with Crippen molar-refractivity contribution >= 4 is 39.1 Å². The van der Waals surface area contributed by atoms with Crippen LogP contribution in [0.2, 0.25) is 5.02 Å². The van der Waals surface area contributed by atoms with Gasteiger partial charge in [-0.25, -0.2) is 8.42 Å². The second-order valence-electron chi connectivity index (χ2n) is 10.4. The highest BCUT2D eigenvalue weighted by Crippen LogP contribution is 2.38. The van der Waals surface area contributed by atoms with Crippen LogP contribution in [-0.4, -0.2) is 50.9 Å². The summed E-state index contributed by atoms with van der Waals surface area (Å²) in [7, 11) is -3.07. The molecule has 2 atom stereocenters. The lowest BCUT2D eigenvalue weighted by molar-refractivity contribution is -0.139. The fraction of sp³-hybridized carbons (Fsp3) is 0.355. The predicted octanol–water partition coefficient (Wildman–Crippen LogP) is 6.20. The highest BCUT2D eigenvalue weighted by atomic mass is 35.5. The van der Waals surface area contributed by atoms with Crippen molar-refractivity contribution in [2.75, 3.05) is 18.0 Å². The minimum atomic E-state index is -4.89. The van der Waals surface area contributed by atoms with Crippen molar-refractivity contribution in [2.24, 2.45) is 0 Å². The first kappa shape index (κ1) is 34.7. The fourth-order valence-corrected chi connectivity index (χ4v) is 5.86. The van der Waals surface area contributed by atoms with Crippen molar-refractivity contribution in [1.82, 2.24) is 10.2 Å². The maximum absolute atomic E-state index is 14.0. The van der Waals surface area contributed by atoms with Crippen LogP contribution in [0.1, 0.15) is 43.9 Å². The number of rotatable bonds is 12. The maximum Gasteiger partial charge on any atom is 0.417 e. The number of aryl methyl sites for hydroxylation is 1. The highest BCUT2D eigenvalue weighted by molar-refractivity contribution is 7.92. The summed E-state index contributed by atoms with van der Waals surface area (Å²) in [5.74, 6) is -0.723. The zero-order valence-corrected chi connectivity index (χ0v) is 26.6. The van der Waals surface area contributed by atoms with Gasteiger partial charge >= 0.3 is 6.18 Å². The molecule has 0 heterocycles. The number of halogens is 4. The van der Waals surface area contributed by atoms with Gasteiger partial charge in [0.15, 0.2) is 0 Å². The first-order valence-electron chi connectivity index (χ1n) is 13.8. The van der Waals surface area contributed by atoms with E-state index < -0.39 is 56.9 Å². The Balaban J connectivity index is 2.11. The molecule has 13 heteroatoms. The molecule has 0 aliphatic rings.